The molecule has 82 valence electrons. The molecule has 0 bridgehead atoms. The Kier molecular flexibility index (Phi) is 4.27. The number of hydrogen-bond donors (Lipinski definition) is 0. The van der Waals surface area contributed by atoms with Crippen molar-refractivity contribution in [2.45, 2.75) is 23.7 Å². The molecule has 0 aliphatic carbocycles. The summed E-state index contributed by atoms with van der Waals surface area (Å²) in [7, 11) is 0. The Balaban J connectivity index is 2.68. The van der Waals surface area contributed by atoms with E-state index in [2.05, 4.69) is 0 Å². The maximum atomic E-state index is 12.0. The van der Waals surface area contributed by atoms with Crippen LogP contribution in [-0.4, -0.2) is 5.51 Å². The Morgan fingerprint density at radius 3 is 2.27 bits per heavy atom. The van der Waals surface area contributed by atoms with Gasteiger partial charge in [-0.05, 0) is 35.9 Å². The van der Waals surface area contributed by atoms with Crippen molar-refractivity contribution in [1.82, 2.24) is 0 Å². The fourth-order valence-corrected chi connectivity index (χ4v) is 1.57. The molecule has 0 saturated heterocycles. The van der Waals surface area contributed by atoms with Gasteiger partial charge in [-0.1, -0.05) is 31.2 Å². The SMILES string of the molecule is CC/C=C/c1ccc(SC(F)(F)F)cc1. The molecule has 0 radical (unpaired) electrons. The van der Waals surface area contributed by atoms with Crippen molar-refractivity contribution in [3.8, 4) is 0 Å². The molecule has 0 atom stereocenters. The first kappa shape index (κ1) is 12.2. The molecule has 4 heteroatoms. The average molecular weight is 232 g/mol. The van der Waals surface area contributed by atoms with Crippen molar-refractivity contribution < 1.29 is 13.2 Å². The molecule has 0 aromatic heterocycles. The molecule has 0 heterocycles. The second kappa shape index (κ2) is 5.26. The van der Waals surface area contributed by atoms with Gasteiger partial charge in [0.25, 0.3) is 0 Å². The lowest BCUT2D eigenvalue weighted by Gasteiger charge is -2.05. The van der Waals surface area contributed by atoms with Gasteiger partial charge >= 0.3 is 5.51 Å². The quantitative estimate of drug-likeness (QED) is 0.679. The molecule has 1 rings (SSSR count). The van der Waals surface area contributed by atoms with E-state index in [-0.39, 0.29) is 16.7 Å². The Bertz CT molecular complexity index is 325. The lowest BCUT2D eigenvalue weighted by Crippen LogP contribution is -1.98. The molecule has 15 heavy (non-hydrogen) atoms. The number of hydrogen-bond acceptors (Lipinski definition) is 1. The first-order valence-electron chi connectivity index (χ1n) is 4.53. The van der Waals surface area contributed by atoms with Gasteiger partial charge in [0.1, 0.15) is 0 Å². The summed E-state index contributed by atoms with van der Waals surface area (Å²) < 4.78 is 36.0. The number of allylic oxidation sites excluding steroid dienone is 1. The van der Waals surface area contributed by atoms with Crippen molar-refractivity contribution in [1.29, 1.82) is 0 Å². The first-order valence-corrected chi connectivity index (χ1v) is 5.35. The topological polar surface area (TPSA) is 0 Å². The number of benzene rings is 1. The van der Waals surface area contributed by atoms with Gasteiger partial charge in [0, 0.05) is 4.90 Å². The molecule has 0 unspecified atom stereocenters. The Morgan fingerprint density at radius 1 is 1.20 bits per heavy atom. The Labute approximate surface area is 91.2 Å². The second-order valence-corrected chi connectivity index (χ2v) is 4.07. The third-order valence-corrected chi connectivity index (χ3v) is 2.40. The van der Waals surface area contributed by atoms with Crippen LogP contribution in [0.2, 0.25) is 0 Å². The predicted molar refractivity (Wildman–Crippen MR) is 57.7 cm³/mol. The molecule has 0 aliphatic rings. The summed E-state index contributed by atoms with van der Waals surface area (Å²) in [4.78, 5) is 0.219. The molecule has 0 aliphatic heterocycles. The van der Waals surface area contributed by atoms with Crippen LogP contribution in [0.25, 0.3) is 6.08 Å². The summed E-state index contributed by atoms with van der Waals surface area (Å²) in [5.74, 6) is 0. The van der Waals surface area contributed by atoms with Crippen LogP contribution in [0.15, 0.2) is 35.2 Å². The Morgan fingerprint density at radius 2 is 1.80 bits per heavy atom. The standard InChI is InChI=1S/C11H11F3S/c1-2-3-4-9-5-7-10(8-6-9)15-11(12,13)14/h3-8H,2H2,1H3/b4-3+. The zero-order valence-corrected chi connectivity index (χ0v) is 9.03. The predicted octanol–water partition coefficient (Wildman–Crippen LogP) is 4.72. The molecule has 0 fully saturated rings. The molecule has 0 saturated carbocycles. The zero-order chi connectivity index (χ0) is 11.3. The van der Waals surface area contributed by atoms with Gasteiger partial charge in [0.05, 0.1) is 0 Å². The van der Waals surface area contributed by atoms with Crippen molar-refractivity contribution in [3.05, 3.63) is 35.9 Å². The molecule has 0 spiro atoms. The van der Waals surface area contributed by atoms with Gasteiger partial charge in [0.15, 0.2) is 0 Å². The number of thioether (sulfide) groups is 1. The molecule has 0 amide bonds. The molecule has 0 nitrogen and oxygen atoms in total. The fourth-order valence-electron chi connectivity index (χ4n) is 1.03. The van der Waals surface area contributed by atoms with Crippen LogP contribution in [-0.2, 0) is 0 Å². The van der Waals surface area contributed by atoms with Crippen LogP contribution in [0.1, 0.15) is 18.9 Å². The van der Waals surface area contributed by atoms with Gasteiger partial charge < -0.3 is 0 Å². The normalized spacial score (nSPS) is 12.3. The van der Waals surface area contributed by atoms with Crippen molar-refractivity contribution in [2.75, 3.05) is 0 Å². The van der Waals surface area contributed by atoms with E-state index in [9.17, 15) is 13.2 Å². The average Bonchev–Trinajstić information content (AvgIpc) is 2.14. The zero-order valence-electron chi connectivity index (χ0n) is 8.21. The molecular weight excluding hydrogens is 221 g/mol. The number of alkyl halides is 3. The fraction of sp³-hybridized carbons (Fsp3) is 0.273. The Hall–Kier alpha value is -0.900. The molecule has 1 aromatic rings. The van der Waals surface area contributed by atoms with Crippen LogP contribution < -0.4 is 0 Å². The van der Waals surface area contributed by atoms with Crippen molar-refractivity contribution in [3.63, 3.8) is 0 Å². The third-order valence-electron chi connectivity index (χ3n) is 1.66. The van der Waals surface area contributed by atoms with Crippen LogP contribution in [0, 0.1) is 0 Å². The van der Waals surface area contributed by atoms with Crippen LogP contribution >= 0.6 is 11.8 Å². The minimum Gasteiger partial charge on any atom is -0.160 e. The van der Waals surface area contributed by atoms with Crippen LogP contribution in [0.4, 0.5) is 13.2 Å². The summed E-state index contributed by atoms with van der Waals surface area (Å²) in [5, 5.41) is 0. The smallest absolute Gasteiger partial charge is 0.160 e. The summed E-state index contributed by atoms with van der Waals surface area (Å²) in [6.45, 7) is 2.00. The van der Waals surface area contributed by atoms with E-state index < -0.39 is 5.51 Å². The van der Waals surface area contributed by atoms with Crippen LogP contribution in [0.3, 0.4) is 0 Å². The lowest BCUT2D eigenvalue weighted by molar-refractivity contribution is -0.0328. The third kappa shape index (κ3) is 4.93. The van der Waals surface area contributed by atoms with Gasteiger partial charge in [-0.15, -0.1) is 0 Å². The summed E-state index contributed by atoms with van der Waals surface area (Å²) in [6.07, 6.45) is 4.77. The highest BCUT2D eigenvalue weighted by molar-refractivity contribution is 8.00. The van der Waals surface area contributed by atoms with E-state index in [0.29, 0.717) is 0 Å². The van der Waals surface area contributed by atoms with E-state index in [1.807, 2.05) is 19.1 Å². The van der Waals surface area contributed by atoms with E-state index in [0.717, 1.165) is 12.0 Å². The van der Waals surface area contributed by atoms with Crippen molar-refractivity contribution >= 4 is 17.8 Å². The summed E-state index contributed by atoms with van der Waals surface area (Å²) >= 11 is -0.0908. The van der Waals surface area contributed by atoms with Gasteiger partial charge in [-0.25, -0.2) is 0 Å². The highest BCUT2D eigenvalue weighted by atomic mass is 32.2. The van der Waals surface area contributed by atoms with Gasteiger partial charge in [0.2, 0.25) is 0 Å². The van der Waals surface area contributed by atoms with E-state index in [1.165, 1.54) is 12.1 Å². The first-order chi connectivity index (χ1) is 7.01. The largest absolute Gasteiger partial charge is 0.446 e. The molecular formula is C11H11F3S. The van der Waals surface area contributed by atoms with Gasteiger partial charge in [-0.2, -0.15) is 13.2 Å². The van der Waals surface area contributed by atoms with E-state index >= 15 is 0 Å². The van der Waals surface area contributed by atoms with E-state index in [1.54, 1.807) is 12.1 Å². The minimum absolute atomic E-state index is 0.0908. The highest BCUT2D eigenvalue weighted by Crippen LogP contribution is 2.36. The maximum Gasteiger partial charge on any atom is 0.446 e. The maximum absolute atomic E-state index is 12.0. The van der Waals surface area contributed by atoms with E-state index in [4.69, 9.17) is 0 Å². The van der Waals surface area contributed by atoms with Gasteiger partial charge in [-0.3, -0.25) is 0 Å². The number of rotatable bonds is 3. The molecule has 1 aromatic carbocycles. The second-order valence-electron chi connectivity index (χ2n) is 2.93. The minimum atomic E-state index is -4.21. The molecule has 0 N–H and O–H groups in total. The van der Waals surface area contributed by atoms with Crippen LogP contribution in [0.5, 0.6) is 0 Å². The summed E-state index contributed by atoms with van der Waals surface area (Å²) in [6, 6.07) is 6.32. The van der Waals surface area contributed by atoms with Crippen molar-refractivity contribution in [2.24, 2.45) is 0 Å². The summed E-state index contributed by atoms with van der Waals surface area (Å²) in [5.41, 5.74) is -3.29. The lowest BCUT2D eigenvalue weighted by atomic mass is 10.2. The monoisotopic (exact) mass is 232 g/mol. The number of halogens is 3. The highest BCUT2D eigenvalue weighted by Gasteiger charge is 2.28.